The molecule has 1 heterocycles. The summed E-state index contributed by atoms with van der Waals surface area (Å²) >= 11 is 1.32. The van der Waals surface area contributed by atoms with Crippen LogP contribution < -0.4 is 10.6 Å². The zero-order valence-electron chi connectivity index (χ0n) is 15.9. The zero-order chi connectivity index (χ0) is 20.1. The number of carbonyl (C=O) groups excluding carboxylic acids is 2. The summed E-state index contributed by atoms with van der Waals surface area (Å²) in [5.41, 5.74) is 3.51. The SMILES string of the molecule is CC(=O)Nc1ccc(NC(=O)CSc2nnc(-c3ccc(C)cc3)n2C)cc1. The Morgan fingerprint density at radius 1 is 0.964 bits per heavy atom. The number of aromatic nitrogens is 3. The average molecular weight is 395 g/mol. The van der Waals surface area contributed by atoms with Crippen LogP contribution in [-0.4, -0.2) is 32.3 Å². The largest absolute Gasteiger partial charge is 0.326 e. The first-order chi connectivity index (χ1) is 13.4. The van der Waals surface area contributed by atoms with Crippen LogP contribution in [-0.2, 0) is 16.6 Å². The summed E-state index contributed by atoms with van der Waals surface area (Å²) in [6.45, 7) is 3.48. The fourth-order valence-electron chi connectivity index (χ4n) is 2.56. The van der Waals surface area contributed by atoms with Gasteiger partial charge >= 0.3 is 0 Å². The molecule has 1 aromatic heterocycles. The fourth-order valence-corrected chi connectivity index (χ4v) is 3.27. The van der Waals surface area contributed by atoms with Gasteiger partial charge in [-0.2, -0.15) is 0 Å². The van der Waals surface area contributed by atoms with Gasteiger partial charge in [0.15, 0.2) is 11.0 Å². The van der Waals surface area contributed by atoms with Gasteiger partial charge in [-0.1, -0.05) is 41.6 Å². The molecule has 0 aliphatic heterocycles. The lowest BCUT2D eigenvalue weighted by Gasteiger charge is -2.07. The molecule has 0 atom stereocenters. The number of nitrogens with zero attached hydrogens (tertiary/aromatic N) is 3. The lowest BCUT2D eigenvalue weighted by atomic mass is 10.1. The first-order valence-corrected chi connectivity index (χ1v) is 9.67. The topological polar surface area (TPSA) is 88.9 Å². The third-order valence-corrected chi connectivity index (χ3v) is 4.99. The van der Waals surface area contributed by atoms with Crippen LogP contribution in [0.15, 0.2) is 53.7 Å². The molecule has 28 heavy (non-hydrogen) atoms. The van der Waals surface area contributed by atoms with Crippen molar-refractivity contribution in [1.29, 1.82) is 0 Å². The maximum Gasteiger partial charge on any atom is 0.234 e. The number of nitrogens with one attached hydrogen (secondary N) is 2. The van der Waals surface area contributed by atoms with Crippen molar-refractivity contribution in [1.82, 2.24) is 14.8 Å². The van der Waals surface area contributed by atoms with E-state index in [1.54, 1.807) is 24.3 Å². The maximum absolute atomic E-state index is 12.2. The molecule has 0 saturated heterocycles. The van der Waals surface area contributed by atoms with E-state index in [0.29, 0.717) is 16.5 Å². The van der Waals surface area contributed by atoms with Crippen molar-refractivity contribution in [3.8, 4) is 11.4 Å². The van der Waals surface area contributed by atoms with Crippen molar-refractivity contribution in [2.24, 2.45) is 7.05 Å². The molecule has 0 radical (unpaired) electrons. The van der Waals surface area contributed by atoms with E-state index in [4.69, 9.17) is 0 Å². The van der Waals surface area contributed by atoms with Gasteiger partial charge in [0.2, 0.25) is 11.8 Å². The van der Waals surface area contributed by atoms with Crippen LogP contribution in [0.2, 0.25) is 0 Å². The van der Waals surface area contributed by atoms with Crippen molar-refractivity contribution < 1.29 is 9.59 Å². The van der Waals surface area contributed by atoms with Gasteiger partial charge in [-0.25, -0.2) is 0 Å². The van der Waals surface area contributed by atoms with E-state index in [1.165, 1.54) is 24.2 Å². The number of anilines is 2. The highest BCUT2D eigenvalue weighted by atomic mass is 32.2. The fraction of sp³-hybridized carbons (Fsp3) is 0.200. The Balaban J connectivity index is 1.57. The van der Waals surface area contributed by atoms with Gasteiger partial charge in [0.05, 0.1) is 5.75 Å². The second kappa shape index (κ2) is 8.71. The summed E-state index contributed by atoms with van der Waals surface area (Å²) in [5, 5.41) is 14.6. The summed E-state index contributed by atoms with van der Waals surface area (Å²) < 4.78 is 1.88. The first-order valence-electron chi connectivity index (χ1n) is 8.69. The lowest BCUT2D eigenvalue weighted by molar-refractivity contribution is -0.114. The van der Waals surface area contributed by atoms with Gasteiger partial charge in [0, 0.05) is 30.9 Å². The number of carbonyl (C=O) groups is 2. The van der Waals surface area contributed by atoms with Crippen LogP contribution in [0.4, 0.5) is 11.4 Å². The number of hydrogen-bond acceptors (Lipinski definition) is 5. The van der Waals surface area contributed by atoms with Crippen molar-refractivity contribution in [2.75, 3.05) is 16.4 Å². The van der Waals surface area contributed by atoms with Gasteiger partial charge < -0.3 is 15.2 Å². The monoisotopic (exact) mass is 395 g/mol. The molecule has 0 bridgehead atoms. The van der Waals surface area contributed by atoms with E-state index in [1.807, 2.05) is 42.8 Å². The second-order valence-corrected chi connectivity index (χ2v) is 7.27. The minimum atomic E-state index is -0.142. The lowest BCUT2D eigenvalue weighted by Crippen LogP contribution is -2.14. The molecule has 144 valence electrons. The molecular formula is C20H21N5O2S. The molecule has 0 saturated carbocycles. The molecule has 2 amide bonds. The van der Waals surface area contributed by atoms with Crippen LogP contribution in [0.5, 0.6) is 0 Å². The van der Waals surface area contributed by atoms with Gasteiger partial charge in [0.25, 0.3) is 0 Å². The third-order valence-electron chi connectivity index (χ3n) is 3.97. The zero-order valence-corrected chi connectivity index (χ0v) is 16.7. The summed E-state index contributed by atoms with van der Waals surface area (Å²) in [6.07, 6.45) is 0. The van der Waals surface area contributed by atoms with E-state index in [-0.39, 0.29) is 17.6 Å². The van der Waals surface area contributed by atoms with Gasteiger partial charge in [-0.15, -0.1) is 10.2 Å². The molecule has 8 heteroatoms. The Hall–Kier alpha value is -3.13. The molecule has 0 aliphatic rings. The second-order valence-electron chi connectivity index (χ2n) is 6.33. The van der Waals surface area contributed by atoms with Gasteiger partial charge in [-0.05, 0) is 31.2 Å². The summed E-state index contributed by atoms with van der Waals surface area (Å²) in [6, 6.07) is 15.0. The highest BCUT2D eigenvalue weighted by Gasteiger charge is 2.13. The first kappa shape index (κ1) is 19.6. The molecule has 0 aliphatic carbocycles. The molecule has 0 unspecified atom stereocenters. The standard InChI is InChI=1S/C20H21N5O2S/c1-13-4-6-15(7-5-13)19-23-24-20(25(19)3)28-12-18(27)22-17-10-8-16(9-11-17)21-14(2)26/h4-11H,12H2,1-3H3,(H,21,26)(H,22,27). The minimum absolute atomic E-state index is 0.137. The normalized spacial score (nSPS) is 10.5. The minimum Gasteiger partial charge on any atom is -0.326 e. The van der Waals surface area contributed by atoms with E-state index in [2.05, 4.69) is 20.8 Å². The highest BCUT2D eigenvalue weighted by Crippen LogP contribution is 2.23. The summed E-state index contributed by atoms with van der Waals surface area (Å²) in [7, 11) is 1.89. The van der Waals surface area contributed by atoms with Crippen LogP contribution in [0.1, 0.15) is 12.5 Å². The van der Waals surface area contributed by atoms with Crippen molar-refractivity contribution in [3.63, 3.8) is 0 Å². The summed E-state index contributed by atoms with van der Waals surface area (Å²) in [5.74, 6) is 0.698. The Kier molecular flexibility index (Phi) is 6.10. The Bertz CT molecular complexity index is 981. The predicted molar refractivity (Wildman–Crippen MR) is 111 cm³/mol. The van der Waals surface area contributed by atoms with Crippen LogP contribution in [0.3, 0.4) is 0 Å². The molecular weight excluding hydrogens is 374 g/mol. The predicted octanol–water partition coefficient (Wildman–Crippen LogP) is 3.48. The molecule has 0 spiro atoms. The number of aryl methyl sites for hydroxylation is 1. The van der Waals surface area contributed by atoms with E-state index in [0.717, 1.165) is 11.4 Å². The van der Waals surface area contributed by atoms with Gasteiger partial charge in [-0.3, -0.25) is 9.59 Å². The molecule has 2 aromatic carbocycles. The van der Waals surface area contributed by atoms with Crippen molar-refractivity contribution in [2.45, 2.75) is 19.0 Å². The summed E-state index contributed by atoms with van der Waals surface area (Å²) in [4.78, 5) is 23.2. The number of benzene rings is 2. The molecule has 7 nitrogen and oxygen atoms in total. The number of hydrogen-bond donors (Lipinski definition) is 2. The Labute approximate surface area is 167 Å². The number of thioether (sulfide) groups is 1. The van der Waals surface area contributed by atoms with Crippen molar-refractivity contribution in [3.05, 3.63) is 54.1 Å². The van der Waals surface area contributed by atoms with Crippen molar-refractivity contribution >= 4 is 35.0 Å². The molecule has 0 fully saturated rings. The molecule has 3 aromatic rings. The smallest absolute Gasteiger partial charge is 0.234 e. The van der Waals surface area contributed by atoms with Crippen LogP contribution in [0, 0.1) is 6.92 Å². The van der Waals surface area contributed by atoms with E-state index < -0.39 is 0 Å². The molecule has 2 N–H and O–H groups in total. The third kappa shape index (κ3) is 4.98. The number of rotatable bonds is 6. The van der Waals surface area contributed by atoms with E-state index >= 15 is 0 Å². The molecule has 3 rings (SSSR count). The van der Waals surface area contributed by atoms with E-state index in [9.17, 15) is 9.59 Å². The quantitative estimate of drug-likeness (QED) is 0.624. The maximum atomic E-state index is 12.2. The van der Waals surface area contributed by atoms with Crippen LogP contribution >= 0.6 is 11.8 Å². The Morgan fingerprint density at radius 2 is 1.57 bits per heavy atom. The number of amides is 2. The Morgan fingerprint density at radius 3 is 2.18 bits per heavy atom. The highest BCUT2D eigenvalue weighted by molar-refractivity contribution is 7.99. The van der Waals surface area contributed by atoms with Gasteiger partial charge in [0.1, 0.15) is 0 Å². The average Bonchev–Trinajstić information content (AvgIpc) is 3.02. The van der Waals surface area contributed by atoms with Crippen LogP contribution in [0.25, 0.3) is 11.4 Å².